The number of rotatable bonds is 9. The van der Waals surface area contributed by atoms with E-state index in [1.165, 1.54) is 18.3 Å². The fourth-order valence-electron chi connectivity index (χ4n) is 2.83. The maximum absolute atomic E-state index is 12.5. The first-order valence-corrected chi connectivity index (χ1v) is 11.6. The largest absolute Gasteiger partial charge is 0.490 e. The lowest BCUT2D eigenvalue weighted by molar-refractivity contribution is -0.127. The first kappa shape index (κ1) is 26.3. The van der Waals surface area contributed by atoms with Gasteiger partial charge in [0.2, 0.25) is 0 Å². The van der Waals surface area contributed by atoms with Gasteiger partial charge in [-0.1, -0.05) is 40.9 Å². The molecule has 0 radical (unpaired) electrons. The van der Waals surface area contributed by atoms with Gasteiger partial charge in [0, 0.05) is 10.0 Å². The van der Waals surface area contributed by atoms with Crippen molar-refractivity contribution in [3.05, 3.63) is 86.9 Å². The zero-order valence-electron chi connectivity index (χ0n) is 18.8. The average Bonchev–Trinajstić information content (AvgIpc) is 2.80. The first-order chi connectivity index (χ1) is 16.8. The Morgan fingerprint density at radius 2 is 1.77 bits per heavy atom. The fraction of sp³-hybridized carbons (Fsp3) is 0.160. The summed E-state index contributed by atoms with van der Waals surface area (Å²) in [5, 5.41) is 5.04. The van der Waals surface area contributed by atoms with Crippen LogP contribution < -0.4 is 19.6 Å². The standard InChI is InChI=1S/C25H21Cl3N2O5/c1-3-33-23-11-16(7-10-22(23)35-25(32)20-9-8-18(27)13-21(20)28)14-29-30-24(31)15(2)34-19-6-4-5-17(26)12-19/h4-15H,3H2,1-2H3,(H,30,31)/b29-14+. The summed E-state index contributed by atoms with van der Waals surface area (Å²) in [5.74, 6) is -0.117. The molecule has 35 heavy (non-hydrogen) atoms. The quantitative estimate of drug-likeness (QED) is 0.153. The van der Waals surface area contributed by atoms with Gasteiger partial charge in [-0.25, -0.2) is 10.2 Å². The molecule has 1 atom stereocenters. The molecule has 182 valence electrons. The number of hydrogen-bond donors (Lipinski definition) is 1. The number of carbonyl (C=O) groups excluding carboxylic acids is 2. The van der Waals surface area contributed by atoms with Gasteiger partial charge < -0.3 is 14.2 Å². The highest BCUT2D eigenvalue weighted by atomic mass is 35.5. The molecule has 3 aromatic rings. The van der Waals surface area contributed by atoms with Crippen molar-refractivity contribution in [3.63, 3.8) is 0 Å². The summed E-state index contributed by atoms with van der Waals surface area (Å²) in [6.07, 6.45) is 0.625. The summed E-state index contributed by atoms with van der Waals surface area (Å²) in [5.41, 5.74) is 3.18. The Morgan fingerprint density at radius 3 is 2.49 bits per heavy atom. The van der Waals surface area contributed by atoms with Gasteiger partial charge in [0.15, 0.2) is 17.6 Å². The topological polar surface area (TPSA) is 86.2 Å². The fourth-order valence-corrected chi connectivity index (χ4v) is 3.49. The molecule has 0 aliphatic rings. The summed E-state index contributed by atoms with van der Waals surface area (Å²) in [4.78, 5) is 24.8. The van der Waals surface area contributed by atoms with Crippen molar-refractivity contribution in [2.45, 2.75) is 20.0 Å². The van der Waals surface area contributed by atoms with Crippen molar-refractivity contribution in [2.75, 3.05) is 6.61 Å². The lowest BCUT2D eigenvalue weighted by atomic mass is 10.2. The predicted molar refractivity (Wildman–Crippen MR) is 136 cm³/mol. The van der Waals surface area contributed by atoms with E-state index in [1.807, 2.05) is 0 Å². The minimum absolute atomic E-state index is 0.168. The van der Waals surface area contributed by atoms with Crippen molar-refractivity contribution in [2.24, 2.45) is 5.10 Å². The molecular weight excluding hydrogens is 515 g/mol. The zero-order valence-corrected chi connectivity index (χ0v) is 21.0. The van der Waals surface area contributed by atoms with Crippen LogP contribution in [0.25, 0.3) is 0 Å². The monoisotopic (exact) mass is 534 g/mol. The molecule has 1 unspecified atom stereocenters. The van der Waals surface area contributed by atoms with Gasteiger partial charge in [-0.2, -0.15) is 5.10 Å². The van der Waals surface area contributed by atoms with Crippen LogP contribution in [-0.2, 0) is 4.79 Å². The summed E-state index contributed by atoms with van der Waals surface area (Å²) >= 11 is 17.9. The van der Waals surface area contributed by atoms with E-state index < -0.39 is 18.0 Å². The van der Waals surface area contributed by atoms with Crippen LogP contribution in [-0.4, -0.2) is 30.8 Å². The van der Waals surface area contributed by atoms with Crippen LogP contribution in [0.4, 0.5) is 0 Å². The molecule has 0 aliphatic carbocycles. The molecule has 0 heterocycles. The van der Waals surface area contributed by atoms with E-state index in [0.717, 1.165) is 0 Å². The molecule has 0 spiro atoms. The molecule has 0 saturated carbocycles. The number of hydrogen-bond acceptors (Lipinski definition) is 6. The number of nitrogens with zero attached hydrogens (tertiary/aromatic N) is 1. The highest BCUT2D eigenvalue weighted by Crippen LogP contribution is 2.30. The predicted octanol–water partition coefficient (Wildman–Crippen LogP) is 6.18. The lowest BCUT2D eigenvalue weighted by Gasteiger charge is -2.13. The Balaban J connectivity index is 1.65. The smallest absolute Gasteiger partial charge is 0.345 e. The van der Waals surface area contributed by atoms with Gasteiger partial charge >= 0.3 is 5.97 Å². The van der Waals surface area contributed by atoms with Crippen molar-refractivity contribution in [1.29, 1.82) is 0 Å². The van der Waals surface area contributed by atoms with E-state index in [-0.39, 0.29) is 16.3 Å². The van der Waals surface area contributed by atoms with Gasteiger partial charge in [0.05, 0.1) is 23.4 Å². The maximum atomic E-state index is 12.5. The van der Waals surface area contributed by atoms with Gasteiger partial charge in [-0.3, -0.25) is 4.79 Å². The number of benzene rings is 3. The van der Waals surface area contributed by atoms with Gasteiger partial charge in [-0.05, 0) is 74.0 Å². The molecule has 7 nitrogen and oxygen atoms in total. The molecule has 1 N–H and O–H groups in total. The van der Waals surface area contributed by atoms with Crippen LogP contribution in [0.5, 0.6) is 17.2 Å². The molecule has 3 rings (SSSR count). The number of esters is 1. The molecule has 0 fully saturated rings. The molecule has 0 aliphatic heterocycles. The van der Waals surface area contributed by atoms with Crippen molar-refractivity contribution in [1.82, 2.24) is 5.43 Å². The molecule has 0 saturated heterocycles. The third-order valence-electron chi connectivity index (χ3n) is 4.49. The van der Waals surface area contributed by atoms with Crippen LogP contribution in [0.15, 0.2) is 65.8 Å². The second-order valence-electron chi connectivity index (χ2n) is 7.10. The van der Waals surface area contributed by atoms with Gasteiger partial charge in [-0.15, -0.1) is 0 Å². The van der Waals surface area contributed by atoms with Crippen molar-refractivity contribution in [3.8, 4) is 17.2 Å². The lowest BCUT2D eigenvalue weighted by Crippen LogP contribution is -2.33. The van der Waals surface area contributed by atoms with Crippen LogP contribution in [0.2, 0.25) is 15.1 Å². The summed E-state index contributed by atoms with van der Waals surface area (Å²) in [6, 6.07) is 16.0. The number of halogens is 3. The Labute approximate surface area is 217 Å². The molecule has 0 aromatic heterocycles. The van der Waals surface area contributed by atoms with Crippen LogP contribution in [0.3, 0.4) is 0 Å². The number of carbonyl (C=O) groups is 2. The number of hydrazone groups is 1. The minimum Gasteiger partial charge on any atom is -0.490 e. The zero-order chi connectivity index (χ0) is 25.4. The van der Waals surface area contributed by atoms with Crippen LogP contribution >= 0.6 is 34.8 Å². The normalized spacial score (nSPS) is 11.7. The van der Waals surface area contributed by atoms with Crippen LogP contribution in [0, 0.1) is 0 Å². The number of ether oxygens (including phenoxy) is 3. The molecule has 0 bridgehead atoms. The highest BCUT2D eigenvalue weighted by Gasteiger charge is 2.17. The molecule has 1 amide bonds. The SMILES string of the molecule is CCOc1cc(/C=N/NC(=O)C(C)Oc2cccc(Cl)c2)ccc1OC(=O)c1ccc(Cl)cc1Cl. The first-order valence-electron chi connectivity index (χ1n) is 10.5. The van der Waals surface area contributed by atoms with Gasteiger partial charge in [0.1, 0.15) is 5.75 Å². The van der Waals surface area contributed by atoms with Gasteiger partial charge in [0.25, 0.3) is 5.91 Å². The van der Waals surface area contributed by atoms with Crippen molar-refractivity contribution >= 4 is 52.9 Å². The number of amides is 1. The summed E-state index contributed by atoms with van der Waals surface area (Å²) in [6.45, 7) is 3.72. The molecule has 3 aromatic carbocycles. The third-order valence-corrected chi connectivity index (χ3v) is 5.27. The summed E-state index contributed by atoms with van der Waals surface area (Å²) in [7, 11) is 0. The van der Waals surface area contributed by atoms with E-state index >= 15 is 0 Å². The number of nitrogens with one attached hydrogen (secondary N) is 1. The van der Waals surface area contributed by atoms with E-state index in [2.05, 4.69) is 10.5 Å². The Kier molecular flexibility index (Phi) is 9.37. The summed E-state index contributed by atoms with van der Waals surface area (Å²) < 4.78 is 16.6. The molecule has 10 heteroatoms. The Bertz CT molecular complexity index is 1250. The third kappa shape index (κ3) is 7.62. The minimum atomic E-state index is -0.800. The van der Waals surface area contributed by atoms with E-state index in [1.54, 1.807) is 62.4 Å². The Hall–Kier alpha value is -3.26. The van der Waals surface area contributed by atoms with Crippen LogP contribution in [0.1, 0.15) is 29.8 Å². The van der Waals surface area contributed by atoms with E-state index in [9.17, 15) is 9.59 Å². The van der Waals surface area contributed by atoms with Crippen molar-refractivity contribution < 1.29 is 23.8 Å². The van der Waals surface area contributed by atoms with E-state index in [0.29, 0.717) is 33.7 Å². The second-order valence-corrected chi connectivity index (χ2v) is 8.38. The Morgan fingerprint density at radius 1 is 1.00 bits per heavy atom. The maximum Gasteiger partial charge on any atom is 0.345 e. The average molecular weight is 536 g/mol. The van der Waals surface area contributed by atoms with E-state index in [4.69, 9.17) is 49.0 Å². The highest BCUT2D eigenvalue weighted by molar-refractivity contribution is 6.36. The molecular formula is C25H21Cl3N2O5. The second kappa shape index (κ2) is 12.4.